The fourth-order valence-electron chi connectivity index (χ4n) is 5.42. The van der Waals surface area contributed by atoms with Gasteiger partial charge in [0.25, 0.3) is 11.9 Å². The van der Waals surface area contributed by atoms with Crippen molar-refractivity contribution in [1.82, 2.24) is 15.1 Å². The Morgan fingerprint density at radius 2 is 1.77 bits per heavy atom. The number of ether oxygens (including phenoxy) is 3. The van der Waals surface area contributed by atoms with Gasteiger partial charge in [-0.2, -0.15) is 0 Å². The first-order valence-corrected chi connectivity index (χ1v) is 16.8. The second-order valence-electron chi connectivity index (χ2n) is 12.4. The van der Waals surface area contributed by atoms with Crippen molar-refractivity contribution >= 4 is 17.6 Å². The minimum absolute atomic E-state index is 0.0108. The summed E-state index contributed by atoms with van der Waals surface area (Å²) in [5.74, 6) is -2.23. The Labute approximate surface area is 280 Å². The Kier molecular flexibility index (Phi) is 14.5. The zero-order valence-corrected chi connectivity index (χ0v) is 29.1. The van der Waals surface area contributed by atoms with Crippen LogP contribution in [0.2, 0.25) is 0 Å². The van der Waals surface area contributed by atoms with Gasteiger partial charge in [-0.1, -0.05) is 83.6 Å². The summed E-state index contributed by atoms with van der Waals surface area (Å²) in [5, 5.41) is 2.57. The lowest BCUT2D eigenvalue weighted by molar-refractivity contribution is -0.192. The highest BCUT2D eigenvalue weighted by Gasteiger charge is 2.59. The quantitative estimate of drug-likeness (QED) is 0.267. The topological polar surface area (TPSA) is 75.6 Å². The van der Waals surface area contributed by atoms with Crippen molar-refractivity contribution in [1.29, 1.82) is 0 Å². The summed E-state index contributed by atoms with van der Waals surface area (Å²) in [4.78, 5) is 19.0. The third-order valence-electron chi connectivity index (χ3n) is 8.72. The van der Waals surface area contributed by atoms with Crippen LogP contribution in [0.5, 0.6) is 5.75 Å². The van der Waals surface area contributed by atoms with Crippen molar-refractivity contribution in [2.75, 3.05) is 53.6 Å². The van der Waals surface area contributed by atoms with Gasteiger partial charge in [-0.15, -0.1) is 0 Å². The SMILES string of the molecule is C=C(N=C(OC)N1CCC2(CC1)Oc1ccc(C3=CCC=CC=C3)cc1CC2(F)F)C(C)C.CCCC.CNC(=O)N1CCOCC1. The first-order chi connectivity index (χ1) is 22.5. The summed E-state index contributed by atoms with van der Waals surface area (Å²) in [5.41, 5.74) is 1.71. The summed E-state index contributed by atoms with van der Waals surface area (Å²) in [6.07, 6.45) is 13.7. The van der Waals surface area contributed by atoms with Crippen LogP contribution in [0.3, 0.4) is 0 Å². The van der Waals surface area contributed by atoms with E-state index in [0.29, 0.717) is 62.4 Å². The standard InChI is InChI=1S/C27H32F2N2O2.C6H12N2O2.C4H10/c1-19(2)20(3)30-25(32-4)31-15-13-26(14-16-31)27(28,29)18-23-17-22(11-12-24(23)33-26)21-9-7-5-6-8-10-21;1-7-6(9)8-2-4-10-5-3-8;1-3-4-2/h5-7,9-12,17,19H,3,8,13-16,18H2,1-2,4H3;2-5H2,1H3,(H,7,9);3-4H2,1-2H3. The Morgan fingerprint density at radius 3 is 2.36 bits per heavy atom. The van der Waals surface area contributed by atoms with Gasteiger partial charge in [0.15, 0.2) is 5.60 Å². The minimum Gasteiger partial charge on any atom is -0.481 e. The zero-order chi connectivity index (χ0) is 34.5. The average Bonchev–Trinajstić information content (AvgIpc) is 3.38. The van der Waals surface area contributed by atoms with Crippen molar-refractivity contribution < 1.29 is 27.8 Å². The number of likely N-dealkylation sites (tertiary alicyclic amines) is 1. The third kappa shape index (κ3) is 10.2. The van der Waals surface area contributed by atoms with E-state index in [1.807, 2.05) is 55.2 Å². The number of hydrogen-bond acceptors (Lipinski definition) is 5. The number of benzene rings is 1. The second kappa shape index (κ2) is 18.0. The summed E-state index contributed by atoms with van der Waals surface area (Å²) in [7, 11) is 3.18. The minimum atomic E-state index is -2.97. The fraction of sp³-hybridized carbons (Fsp3) is 0.568. The molecule has 3 aliphatic heterocycles. The molecule has 1 aliphatic carbocycles. The molecule has 2 amide bonds. The largest absolute Gasteiger partial charge is 0.481 e. The number of alkyl halides is 2. The first-order valence-electron chi connectivity index (χ1n) is 16.8. The smallest absolute Gasteiger partial charge is 0.317 e. The molecule has 260 valence electrons. The molecular formula is C37H54F2N4O4. The molecule has 1 aromatic rings. The highest BCUT2D eigenvalue weighted by Crippen LogP contribution is 2.49. The molecule has 1 N–H and O–H groups in total. The number of morpholine rings is 1. The van der Waals surface area contributed by atoms with E-state index in [4.69, 9.17) is 14.2 Å². The molecule has 0 radical (unpaired) electrons. The fourth-order valence-corrected chi connectivity index (χ4v) is 5.42. The van der Waals surface area contributed by atoms with E-state index < -0.39 is 11.5 Å². The van der Waals surface area contributed by atoms with Crippen LogP contribution in [0.25, 0.3) is 5.57 Å². The van der Waals surface area contributed by atoms with E-state index in [9.17, 15) is 4.79 Å². The van der Waals surface area contributed by atoms with Gasteiger partial charge in [0.05, 0.1) is 20.3 Å². The number of carbonyl (C=O) groups is 1. The van der Waals surface area contributed by atoms with Crippen LogP contribution in [0.1, 0.15) is 70.9 Å². The molecule has 3 heterocycles. The average molecular weight is 657 g/mol. The van der Waals surface area contributed by atoms with E-state index in [2.05, 4.69) is 42.9 Å². The molecule has 1 aromatic carbocycles. The molecule has 4 aliphatic rings. The molecule has 0 atom stereocenters. The molecule has 1 spiro atoms. The number of piperidine rings is 1. The van der Waals surface area contributed by atoms with Crippen molar-refractivity contribution in [3.63, 3.8) is 0 Å². The molecule has 0 saturated carbocycles. The number of unbranched alkanes of at least 4 members (excludes halogenated alkanes) is 1. The molecule has 8 nitrogen and oxygen atoms in total. The summed E-state index contributed by atoms with van der Waals surface area (Å²) < 4.78 is 47.7. The summed E-state index contributed by atoms with van der Waals surface area (Å²) in [6, 6.07) is 6.06. The maximum atomic E-state index is 15.5. The number of urea groups is 1. The van der Waals surface area contributed by atoms with Gasteiger partial charge >= 0.3 is 6.03 Å². The van der Waals surface area contributed by atoms with Crippen LogP contribution >= 0.6 is 0 Å². The van der Waals surface area contributed by atoms with Gasteiger partial charge < -0.3 is 29.3 Å². The van der Waals surface area contributed by atoms with E-state index in [-0.39, 0.29) is 31.2 Å². The molecule has 0 bridgehead atoms. The number of nitrogens with one attached hydrogen (secondary N) is 1. The number of nitrogens with zero attached hydrogens (tertiary/aromatic N) is 3. The number of amides is 2. The first kappa shape index (κ1) is 37.8. The van der Waals surface area contributed by atoms with Crippen LogP contribution in [-0.4, -0.2) is 86.9 Å². The van der Waals surface area contributed by atoms with Crippen molar-refractivity contribution in [3.8, 4) is 5.75 Å². The van der Waals surface area contributed by atoms with E-state index in [1.165, 1.54) is 12.8 Å². The van der Waals surface area contributed by atoms with Crippen LogP contribution in [0.4, 0.5) is 13.6 Å². The molecule has 2 fully saturated rings. The van der Waals surface area contributed by atoms with Gasteiger partial charge in [-0.25, -0.2) is 18.6 Å². The predicted molar refractivity (Wildman–Crippen MR) is 186 cm³/mol. The highest BCUT2D eigenvalue weighted by atomic mass is 19.3. The Balaban J connectivity index is 0.000000357. The number of methoxy groups -OCH3 is 1. The van der Waals surface area contributed by atoms with Crippen molar-refractivity contribution in [2.45, 2.75) is 77.7 Å². The molecule has 0 unspecified atom stereocenters. The molecule has 0 aromatic heterocycles. The van der Waals surface area contributed by atoms with Crippen molar-refractivity contribution in [3.05, 3.63) is 72.0 Å². The van der Waals surface area contributed by atoms with E-state index in [0.717, 1.165) is 17.6 Å². The molecule has 5 rings (SSSR count). The van der Waals surface area contributed by atoms with Crippen LogP contribution in [0, 0.1) is 5.92 Å². The van der Waals surface area contributed by atoms with Crippen LogP contribution in [0.15, 0.2) is 65.8 Å². The lowest BCUT2D eigenvalue weighted by atomic mass is 9.79. The third-order valence-corrected chi connectivity index (χ3v) is 8.72. The van der Waals surface area contributed by atoms with Crippen molar-refractivity contribution in [2.24, 2.45) is 10.9 Å². The van der Waals surface area contributed by atoms with Gasteiger partial charge in [-0.3, -0.25) is 0 Å². The molecule has 2 saturated heterocycles. The van der Waals surface area contributed by atoms with Gasteiger partial charge in [0.2, 0.25) is 0 Å². The van der Waals surface area contributed by atoms with Crippen LogP contribution in [-0.2, 0) is 15.9 Å². The maximum Gasteiger partial charge on any atom is 0.317 e. The predicted octanol–water partition coefficient (Wildman–Crippen LogP) is 7.63. The summed E-state index contributed by atoms with van der Waals surface area (Å²) >= 11 is 0. The van der Waals surface area contributed by atoms with Gasteiger partial charge in [-0.05, 0) is 35.6 Å². The number of rotatable bonds is 4. The number of fused-ring (bicyclic) bond motifs is 1. The lowest BCUT2D eigenvalue weighted by Crippen LogP contribution is -2.62. The number of halogens is 2. The monoisotopic (exact) mass is 656 g/mol. The zero-order valence-electron chi connectivity index (χ0n) is 29.1. The van der Waals surface area contributed by atoms with E-state index >= 15 is 8.78 Å². The Bertz CT molecular complexity index is 1310. The van der Waals surface area contributed by atoms with Gasteiger partial charge in [0, 0.05) is 63.7 Å². The summed E-state index contributed by atoms with van der Waals surface area (Å²) in [6.45, 7) is 15.8. The Morgan fingerprint density at radius 1 is 1.09 bits per heavy atom. The number of hydrogen-bond donors (Lipinski definition) is 1. The number of amidine groups is 1. The molecule has 47 heavy (non-hydrogen) atoms. The normalized spacial score (nSPS) is 19.6. The number of allylic oxidation sites excluding steroid dienone is 7. The van der Waals surface area contributed by atoms with Gasteiger partial charge in [0.1, 0.15) is 5.75 Å². The number of carbonyl (C=O) groups excluding carboxylic acids is 1. The molecular weight excluding hydrogens is 602 g/mol. The number of aliphatic imine (C=N–C) groups is 1. The lowest BCUT2D eigenvalue weighted by Gasteiger charge is -2.48. The Hall–Kier alpha value is -3.66. The maximum absolute atomic E-state index is 15.5. The highest BCUT2D eigenvalue weighted by molar-refractivity contribution is 5.76. The van der Waals surface area contributed by atoms with Crippen LogP contribution < -0.4 is 10.1 Å². The second-order valence-corrected chi connectivity index (χ2v) is 12.4. The molecule has 10 heteroatoms. The van der Waals surface area contributed by atoms with E-state index in [1.54, 1.807) is 19.1 Å².